The summed E-state index contributed by atoms with van der Waals surface area (Å²) in [5.41, 5.74) is 0. The molecule has 2 atom stereocenters. The van der Waals surface area contributed by atoms with E-state index in [1.54, 1.807) is 0 Å². The maximum absolute atomic E-state index is 6.45. The molecule has 0 saturated heterocycles. The van der Waals surface area contributed by atoms with Gasteiger partial charge in [0.05, 0.1) is 0 Å². The third kappa shape index (κ3) is 8.75. The molecule has 0 saturated carbocycles. The second-order valence-electron chi connectivity index (χ2n) is 4.51. The molecule has 0 aliphatic carbocycles. The van der Waals surface area contributed by atoms with E-state index in [2.05, 4.69) is 26.9 Å². The Morgan fingerprint density at radius 2 is 1.20 bits per heavy atom. The van der Waals surface area contributed by atoms with Gasteiger partial charge in [0, 0.05) is 0 Å². The van der Waals surface area contributed by atoms with Crippen molar-refractivity contribution in [3.05, 3.63) is 0 Å². The first-order chi connectivity index (χ1) is 6.83. The number of hydrogen-bond donors (Lipinski definition) is 0. The molecule has 0 bridgehead atoms. The molecule has 0 radical (unpaired) electrons. The van der Waals surface area contributed by atoms with Crippen LogP contribution >= 0.6 is 22.2 Å². The summed E-state index contributed by atoms with van der Waals surface area (Å²) in [6, 6.07) is 2.04. The molecule has 1 nitrogen and oxygen atoms in total. The predicted octanol–water partition coefficient (Wildman–Crippen LogP) is 5.22. The zero-order chi connectivity index (χ0) is 11.9. The molecule has 0 aromatic carbocycles. The minimum atomic E-state index is -2.01. The third-order valence-corrected chi connectivity index (χ3v) is 10.8. The average Bonchev–Trinajstić information content (AvgIpc) is 2.10. The minimum Gasteiger partial charge on any atom is -0.433 e. The summed E-state index contributed by atoms with van der Waals surface area (Å²) in [7, 11) is -4.02. The molecular formula is C10H24Cl2OSi2. The van der Waals surface area contributed by atoms with Crippen LogP contribution in [-0.4, -0.2) is 15.3 Å². The van der Waals surface area contributed by atoms with Gasteiger partial charge in [-0.1, -0.05) is 39.5 Å². The number of rotatable bonds is 8. The normalized spacial score (nSPS) is 19.6. The second kappa shape index (κ2) is 7.33. The van der Waals surface area contributed by atoms with Crippen LogP contribution in [0.2, 0.25) is 25.2 Å². The van der Waals surface area contributed by atoms with Gasteiger partial charge >= 0.3 is 0 Å². The Hall–Kier alpha value is 0.974. The van der Waals surface area contributed by atoms with Crippen molar-refractivity contribution in [1.82, 2.24) is 0 Å². The average molecular weight is 287 g/mol. The van der Waals surface area contributed by atoms with Gasteiger partial charge in [-0.05, 0) is 25.2 Å². The van der Waals surface area contributed by atoms with E-state index < -0.39 is 15.3 Å². The Bertz CT molecular complexity index is 157. The lowest BCUT2D eigenvalue weighted by Crippen LogP contribution is -2.41. The lowest BCUT2D eigenvalue weighted by atomic mass is 10.4. The molecule has 5 heteroatoms. The number of unbranched alkanes of at least 4 members (excludes halogenated alkanes) is 2. The van der Waals surface area contributed by atoms with E-state index in [4.69, 9.17) is 26.3 Å². The molecule has 0 N–H and O–H groups in total. The lowest BCUT2D eigenvalue weighted by Gasteiger charge is -2.29. The third-order valence-electron chi connectivity index (χ3n) is 2.38. The Kier molecular flexibility index (Phi) is 7.80. The van der Waals surface area contributed by atoms with Crippen molar-refractivity contribution in [2.45, 2.75) is 64.7 Å². The smallest absolute Gasteiger partial charge is 0.277 e. The van der Waals surface area contributed by atoms with Gasteiger partial charge in [-0.3, -0.25) is 0 Å². The Morgan fingerprint density at radius 3 is 1.47 bits per heavy atom. The summed E-state index contributed by atoms with van der Waals surface area (Å²) in [6.45, 7) is 8.50. The summed E-state index contributed by atoms with van der Waals surface area (Å²) in [6.07, 6.45) is 4.66. The zero-order valence-corrected chi connectivity index (χ0v) is 13.9. The topological polar surface area (TPSA) is 9.23 Å². The number of hydrogen-bond acceptors (Lipinski definition) is 1. The van der Waals surface area contributed by atoms with Crippen LogP contribution in [0.4, 0.5) is 0 Å². The highest BCUT2D eigenvalue weighted by Crippen LogP contribution is 2.29. The van der Waals surface area contributed by atoms with Crippen LogP contribution in [0.3, 0.4) is 0 Å². The summed E-state index contributed by atoms with van der Waals surface area (Å²) < 4.78 is 6.04. The molecule has 0 heterocycles. The van der Waals surface area contributed by atoms with Gasteiger partial charge in [0.25, 0.3) is 15.3 Å². The lowest BCUT2D eigenvalue weighted by molar-refractivity contribution is 0.558. The highest BCUT2D eigenvalue weighted by atomic mass is 35.6. The summed E-state index contributed by atoms with van der Waals surface area (Å²) >= 11 is 12.9. The van der Waals surface area contributed by atoms with Crippen LogP contribution in [0, 0.1) is 0 Å². The Balaban J connectivity index is 4.04. The molecule has 0 amide bonds. The molecule has 0 fully saturated rings. The van der Waals surface area contributed by atoms with Crippen molar-refractivity contribution in [3.8, 4) is 0 Å². The van der Waals surface area contributed by atoms with E-state index in [1.165, 1.54) is 12.8 Å². The molecule has 2 unspecified atom stereocenters. The van der Waals surface area contributed by atoms with Crippen LogP contribution in [0.1, 0.15) is 39.5 Å². The fraction of sp³-hybridized carbons (Fsp3) is 1.00. The number of halogens is 2. The van der Waals surface area contributed by atoms with Gasteiger partial charge in [-0.25, -0.2) is 0 Å². The Morgan fingerprint density at radius 1 is 0.867 bits per heavy atom. The minimum absolute atomic E-state index is 1.02. The quantitative estimate of drug-likeness (QED) is 0.439. The fourth-order valence-corrected chi connectivity index (χ4v) is 12.1. The van der Waals surface area contributed by atoms with Crippen molar-refractivity contribution >= 4 is 37.4 Å². The largest absolute Gasteiger partial charge is 0.433 e. The van der Waals surface area contributed by atoms with E-state index >= 15 is 0 Å². The standard InChI is InChI=1S/C10H24Cl2OSi2/c1-5-7-9-14(3,11)13-15(4,12)10-8-6-2/h5-10H2,1-4H3. The monoisotopic (exact) mass is 286 g/mol. The van der Waals surface area contributed by atoms with Crippen LogP contribution in [0.25, 0.3) is 0 Å². The van der Waals surface area contributed by atoms with Crippen molar-refractivity contribution in [2.24, 2.45) is 0 Å². The zero-order valence-electron chi connectivity index (χ0n) is 10.4. The molecule has 0 spiro atoms. The molecule has 0 rings (SSSR count). The Labute approximate surface area is 106 Å². The SMILES string of the molecule is CCCC[Si](C)(Cl)O[Si](C)(Cl)CCCC. The molecule has 92 valence electrons. The van der Waals surface area contributed by atoms with Crippen LogP contribution in [-0.2, 0) is 4.12 Å². The summed E-state index contributed by atoms with van der Waals surface area (Å²) in [5, 5.41) is 0. The van der Waals surface area contributed by atoms with E-state index in [9.17, 15) is 0 Å². The van der Waals surface area contributed by atoms with Crippen molar-refractivity contribution in [1.29, 1.82) is 0 Å². The van der Waals surface area contributed by atoms with E-state index in [-0.39, 0.29) is 0 Å². The van der Waals surface area contributed by atoms with E-state index in [1.807, 2.05) is 0 Å². The predicted molar refractivity (Wildman–Crippen MR) is 75.5 cm³/mol. The molecule has 0 aromatic heterocycles. The van der Waals surface area contributed by atoms with Crippen molar-refractivity contribution in [2.75, 3.05) is 0 Å². The first kappa shape index (κ1) is 16.0. The summed E-state index contributed by atoms with van der Waals surface area (Å²) in [5.74, 6) is 0. The second-order valence-corrected chi connectivity index (χ2v) is 15.5. The van der Waals surface area contributed by atoms with Crippen molar-refractivity contribution in [3.63, 3.8) is 0 Å². The highest BCUT2D eigenvalue weighted by Gasteiger charge is 2.36. The fourth-order valence-electron chi connectivity index (χ4n) is 1.53. The van der Waals surface area contributed by atoms with Gasteiger partial charge in [0.15, 0.2) is 0 Å². The highest BCUT2D eigenvalue weighted by molar-refractivity contribution is 7.25. The van der Waals surface area contributed by atoms with Crippen molar-refractivity contribution < 1.29 is 4.12 Å². The van der Waals surface area contributed by atoms with E-state index in [0.717, 1.165) is 24.9 Å². The van der Waals surface area contributed by atoms with Crippen LogP contribution in [0.5, 0.6) is 0 Å². The molecule has 15 heavy (non-hydrogen) atoms. The first-order valence-corrected chi connectivity index (χ1v) is 13.2. The van der Waals surface area contributed by atoms with Crippen LogP contribution in [0.15, 0.2) is 0 Å². The maximum Gasteiger partial charge on any atom is 0.277 e. The molecule has 0 aromatic rings. The van der Waals surface area contributed by atoms with Gasteiger partial charge in [0.1, 0.15) is 0 Å². The van der Waals surface area contributed by atoms with Gasteiger partial charge in [0.2, 0.25) is 0 Å². The van der Waals surface area contributed by atoms with Gasteiger partial charge in [-0.2, -0.15) is 0 Å². The maximum atomic E-state index is 6.45. The van der Waals surface area contributed by atoms with Gasteiger partial charge in [-0.15, -0.1) is 22.2 Å². The molecule has 0 aliphatic heterocycles. The first-order valence-electron chi connectivity index (χ1n) is 5.91. The summed E-state index contributed by atoms with van der Waals surface area (Å²) in [4.78, 5) is 0. The van der Waals surface area contributed by atoms with Gasteiger partial charge < -0.3 is 4.12 Å². The van der Waals surface area contributed by atoms with E-state index in [0.29, 0.717) is 0 Å². The molecular weight excluding hydrogens is 263 g/mol. The van der Waals surface area contributed by atoms with Crippen LogP contribution < -0.4 is 0 Å². The molecule has 0 aliphatic rings.